The highest BCUT2D eigenvalue weighted by atomic mass is 16.5. The van der Waals surface area contributed by atoms with Crippen LogP contribution in [0.25, 0.3) is 11.1 Å². The van der Waals surface area contributed by atoms with Gasteiger partial charge in [0.1, 0.15) is 5.75 Å². The van der Waals surface area contributed by atoms with E-state index in [9.17, 15) is 0 Å². The molecule has 2 aromatic rings. The molecule has 0 unspecified atom stereocenters. The molecular weight excluding hydrogens is 260 g/mol. The minimum Gasteiger partial charge on any atom is -0.490 e. The summed E-state index contributed by atoms with van der Waals surface area (Å²) in [6.07, 6.45) is 5.11. The van der Waals surface area contributed by atoms with Gasteiger partial charge in [0, 0.05) is 30.1 Å². The molecule has 1 aromatic heterocycles. The van der Waals surface area contributed by atoms with Gasteiger partial charge in [0.15, 0.2) is 0 Å². The molecule has 0 aliphatic rings. The average molecular weight is 284 g/mol. The lowest BCUT2D eigenvalue weighted by Gasteiger charge is -2.14. The number of aromatic nitrogens is 1. The fraction of sp³-hybridized carbons (Fsp3) is 0.389. The first-order valence-corrected chi connectivity index (χ1v) is 7.61. The topological polar surface area (TPSA) is 34.2 Å². The summed E-state index contributed by atoms with van der Waals surface area (Å²) in [5.74, 6) is 0.910. The van der Waals surface area contributed by atoms with Crippen LogP contribution in [0.3, 0.4) is 0 Å². The summed E-state index contributed by atoms with van der Waals surface area (Å²) < 4.78 is 5.89. The number of benzene rings is 1. The molecule has 3 heteroatoms. The Morgan fingerprint density at radius 3 is 2.76 bits per heavy atom. The number of nitrogens with zero attached hydrogens (tertiary/aromatic N) is 1. The summed E-state index contributed by atoms with van der Waals surface area (Å²) in [5.41, 5.74) is 3.39. The predicted octanol–water partition coefficient (Wildman–Crippen LogP) is 4.04. The molecule has 0 saturated heterocycles. The van der Waals surface area contributed by atoms with Crippen molar-refractivity contribution in [2.75, 3.05) is 6.54 Å². The Morgan fingerprint density at radius 1 is 1.19 bits per heavy atom. The second kappa shape index (κ2) is 7.79. The van der Waals surface area contributed by atoms with Crippen LogP contribution in [-0.4, -0.2) is 17.6 Å². The molecule has 1 aromatic carbocycles. The average Bonchev–Trinajstić information content (AvgIpc) is 2.48. The van der Waals surface area contributed by atoms with Crippen LogP contribution in [0.2, 0.25) is 0 Å². The van der Waals surface area contributed by atoms with Crippen LogP contribution in [0.15, 0.2) is 42.7 Å². The smallest absolute Gasteiger partial charge is 0.127 e. The molecule has 1 N–H and O–H groups in total. The van der Waals surface area contributed by atoms with Crippen LogP contribution >= 0.6 is 0 Å². The van der Waals surface area contributed by atoms with Gasteiger partial charge < -0.3 is 10.1 Å². The first-order valence-electron chi connectivity index (χ1n) is 7.61. The zero-order valence-electron chi connectivity index (χ0n) is 13.1. The number of pyridine rings is 1. The van der Waals surface area contributed by atoms with Crippen molar-refractivity contribution in [2.45, 2.75) is 39.8 Å². The molecule has 1 heterocycles. The molecule has 21 heavy (non-hydrogen) atoms. The lowest BCUT2D eigenvalue weighted by atomic mass is 10.0. The number of para-hydroxylation sites is 1. The summed E-state index contributed by atoms with van der Waals surface area (Å²) in [4.78, 5) is 4.36. The van der Waals surface area contributed by atoms with Gasteiger partial charge in [-0.1, -0.05) is 25.1 Å². The monoisotopic (exact) mass is 284 g/mol. The third kappa shape index (κ3) is 4.57. The van der Waals surface area contributed by atoms with Crippen LogP contribution in [-0.2, 0) is 6.54 Å². The molecule has 0 aliphatic carbocycles. The Kier molecular flexibility index (Phi) is 5.76. The van der Waals surface area contributed by atoms with Crippen LogP contribution in [0, 0.1) is 0 Å². The van der Waals surface area contributed by atoms with E-state index in [1.54, 1.807) is 0 Å². The fourth-order valence-electron chi connectivity index (χ4n) is 2.20. The lowest BCUT2D eigenvalue weighted by molar-refractivity contribution is 0.243. The minimum absolute atomic E-state index is 0.161. The maximum absolute atomic E-state index is 5.89. The second-order valence-electron chi connectivity index (χ2n) is 5.42. The van der Waals surface area contributed by atoms with E-state index in [2.05, 4.69) is 29.4 Å². The first kappa shape index (κ1) is 15.5. The molecular formula is C18H24N2O. The molecule has 0 radical (unpaired) electrons. The molecule has 0 bridgehead atoms. The highest BCUT2D eigenvalue weighted by Crippen LogP contribution is 2.30. The van der Waals surface area contributed by atoms with Crippen molar-refractivity contribution in [3.8, 4) is 16.9 Å². The molecule has 0 atom stereocenters. The Morgan fingerprint density at radius 2 is 2.00 bits per heavy atom. The van der Waals surface area contributed by atoms with E-state index in [1.165, 1.54) is 5.56 Å². The third-order valence-electron chi connectivity index (χ3n) is 3.11. The van der Waals surface area contributed by atoms with Gasteiger partial charge in [-0.05, 0) is 44.5 Å². The number of hydrogen-bond acceptors (Lipinski definition) is 3. The number of hydrogen-bond donors (Lipinski definition) is 1. The number of rotatable bonds is 7. The van der Waals surface area contributed by atoms with E-state index in [0.29, 0.717) is 0 Å². The zero-order chi connectivity index (χ0) is 15.1. The summed E-state index contributed by atoms with van der Waals surface area (Å²) in [6.45, 7) is 8.13. The van der Waals surface area contributed by atoms with Crippen LogP contribution in [0.1, 0.15) is 32.8 Å². The molecule has 0 saturated carbocycles. The molecule has 2 rings (SSSR count). The van der Waals surface area contributed by atoms with Crippen molar-refractivity contribution < 1.29 is 4.74 Å². The molecule has 0 amide bonds. The summed E-state index contributed by atoms with van der Waals surface area (Å²) in [7, 11) is 0. The largest absolute Gasteiger partial charge is 0.490 e. The summed E-state index contributed by atoms with van der Waals surface area (Å²) >= 11 is 0. The predicted molar refractivity (Wildman–Crippen MR) is 87.4 cm³/mol. The van der Waals surface area contributed by atoms with E-state index >= 15 is 0 Å². The van der Waals surface area contributed by atoms with Crippen LogP contribution in [0.5, 0.6) is 5.75 Å². The standard InChI is InChI=1S/C18H24N2O/c1-4-9-19-11-15-10-16(13-20-12-15)17-7-5-6-8-18(17)21-14(2)3/h5-8,10,12-14,19H,4,9,11H2,1-3H3. The Bertz CT molecular complexity index is 567. The van der Waals surface area contributed by atoms with Crippen molar-refractivity contribution >= 4 is 0 Å². The number of ether oxygens (including phenoxy) is 1. The van der Waals surface area contributed by atoms with Gasteiger partial charge in [-0.2, -0.15) is 0 Å². The molecule has 0 fully saturated rings. The molecule has 112 valence electrons. The van der Waals surface area contributed by atoms with E-state index in [4.69, 9.17) is 4.74 Å². The minimum atomic E-state index is 0.161. The van der Waals surface area contributed by atoms with E-state index in [-0.39, 0.29) is 6.10 Å². The second-order valence-corrected chi connectivity index (χ2v) is 5.42. The quantitative estimate of drug-likeness (QED) is 0.779. The van der Waals surface area contributed by atoms with Crippen LogP contribution < -0.4 is 10.1 Å². The highest BCUT2D eigenvalue weighted by molar-refractivity contribution is 5.70. The molecule has 0 aliphatic heterocycles. The van der Waals surface area contributed by atoms with Crippen molar-refractivity contribution in [3.63, 3.8) is 0 Å². The Labute approximate surface area is 127 Å². The maximum atomic E-state index is 5.89. The van der Waals surface area contributed by atoms with E-state index in [0.717, 1.165) is 36.4 Å². The van der Waals surface area contributed by atoms with Gasteiger partial charge in [0.25, 0.3) is 0 Å². The summed E-state index contributed by atoms with van der Waals surface area (Å²) in [5, 5.41) is 3.41. The summed E-state index contributed by atoms with van der Waals surface area (Å²) in [6, 6.07) is 10.3. The van der Waals surface area contributed by atoms with Gasteiger partial charge in [-0.25, -0.2) is 0 Å². The van der Waals surface area contributed by atoms with Gasteiger partial charge >= 0.3 is 0 Å². The Balaban J connectivity index is 2.23. The van der Waals surface area contributed by atoms with Crippen molar-refractivity contribution in [3.05, 3.63) is 48.3 Å². The van der Waals surface area contributed by atoms with Crippen molar-refractivity contribution in [1.29, 1.82) is 0 Å². The third-order valence-corrected chi connectivity index (χ3v) is 3.11. The van der Waals surface area contributed by atoms with Crippen molar-refractivity contribution in [1.82, 2.24) is 10.3 Å². The van der Waals surface area contributed by atoms with Gasteiger partial charge in [-0.15, -0.1) is 0 Å². The Hall–Kier alpha value is -1.87. The van der Waals surface area contributed by atoms with Crippen molar-refractivity contribution in [2.24, 2.45) is 0 Å². The van der Waals surface area contributed by atoms with Gasteiger partial charge in [0.05, 0.1) is 6.10 Å². The molecule has 3 nitrogen and oxygen atoms in total. The normalized spacial score (nSPS) is 10.9. The van der Waals surface area contributed by atoms with Crippen LogP contribution in [0.4, 0.5) is 0 Å². The number of nitrogens with one attached hydrogen (secondary N) is 1. The zero-order valence-corrected chi connectivity index (χ0v) is 13.1. The van der Waals surface area contributed by atoms with E-state index in [1.807, 2.05) is 44.4 Å². The van der Waals surface area contributed by atoms with Gasteiger partial charge in [-0.3, -0.25) is 4.98 Å². The van der Waals surface area contributed by atoms with E-state index < -0.39 is 0 Å². The fourth-order valence-corrected chi connectivity index (χ4v) is 2.20. The molecule has 0 spiro atoms. The maximum Gasteiger partial charge on any atom is 0.127 e. The highest BCUT2D eigenvalue weighted by Gasteiger charge is 2.08. The SMILES string of the molecule is CCCNCc1cncc(-c2ccccc2OC(C)C)c1. The first-order chi connectivity index (χ1) is 10.2. The lowest BCUT2D eigenvalue weighted by Crippen LogP contribution is -2.13. The van der Waals surface area contributed by atoms with Gasteiger partial charge in [0.2, 0.25) is 0 Å².